The van der Waals surface area contributed by atoms with Crippen molar-refractivity contribution in [3.63, 3.8) is 0 Å². The number of hydrogen-bond donors (Lipinski definition) is 2. The van der Waals surface area contributed by atoms with Crippen LogP contribution in [0.4, 0.5) is 14.5 Å². The molecule has 0 spiro atoms. The molecule has 1 aromatic heterocycles. The molecule has 2 saturated heterocycles. The van der Waals surface area contributed by atoms with Gasteiger partial charge in [-0.25, -0.2) is 8.78 Å². The van der Waals surface area contributed by atoms with Crippen LogP contribution in [-0.2, 0) is 4.74 Å². The molecule has 0 aliphatic carbocycles. The normalized spacial score (nSPS) is 21.3. The summed E-state index contributed by atoms with van der Waals surface area (Å²) in [6.07, 6.45) is 0.784. The van der Waals surface area contributed by atoms with Crippen LogP contribution < -0.4 is 15.5 Å². The molecule has 2 aliphatic heterocycles. The van der Waals surface area contributed by atoms with E-state index >= 15 is 0 Å². The number of morpholine rings is 1. The quantitative estimate of drug-likeness (QED) is 0.525. The summed E-state index contributed by atoms with van der Waals surface area (Å²) in [7, 11) is 1.74. The second-order valence-electron chi connectivity index (χ2n) is 7.78. The van der Waals surface area contributed by atoms with Gasteiger partial charge in [0.1, 0.15) is 17.3 Å². The number of hydrogen-bond acceptors (Lipinski definition) is 5. The van der Waals surface area contributed by atoms with Crippen molar-refractivity contribution in [2.45, 2.75) is 18.5 Å². The largest absolute Gasteiger partial charge is 0.379 e. The van der Waals surface area contributed by atoms with Crippen LogP contribution in [0.5, 0.6) is 0 Å². The summed E-state index contributed by atoms with van der Waals surface area (Å²) in [5.41, 5.74) is 0.0554. The molecule has 3 heterocycles. The van der Waals surface area contributed by atoms with Crippen molar-refractivity contribution in [2.75, 3.05) is 57.9 Å². The Morgan fingerprint density at radius 1 is 1.19 bits per heavy atom. The molecule has 0 bridgehead atoms. The Kier molecular flexibility index (Phi) is 7.37. The van der Waals surface area contributed by atoms with Gasteiger partial charge in [0.25, 0.3) is 0 Å². The van der Waals surface area contributed by atoms with Gasteiger partial charge in [0.05, 0.1) is 19.3 Å². The summed E-state index contributed by atoms with van der Waals surface area (Å²) in [6, 6.07) is 8.55. The maximum Gasteiger partial charge on any atom is 0.191 e. The third-order valence-corrected chi connectivity index (χ3v) is 6.80. The van der Waals surface area contributed by atoms with Gasteiger partial charge in [-0.05, 0) is 30.0 Å². The molecular weight excluding hydrogens is 420 g/mol. The first kappa shape index (κ1) is 22.0. The lowest BCUT2D eigenvalue weighted by Gasteiger charge is -2.34. The van der Waals surface area contributed by atoms with E-state index in [-0.39, 0.29) is 17.8 Å². The highest BCUT2D eigenvalue weighted by atomic mass is 32.1. The van der Waals surface area contributed by atoms with Crippen molar-refractivity contribution in [1.29, 1.82) is 0 Å². The van der Waals surface area contributed by atoms with Crippen LogP contribution in [0.1, 0.15) is 17.3 Å². The Morgan fingerprint density at radius 2 is 1.97 bits per heavy atom. The second-order valence-corrected chi connectivity index (χ2v) is 8.76. The number of ether oxygens (including phenoxy) is 1. The predicted octanol–water partition coefficient (Wildman–Crippen LogP) is 2.84. The summed E-state index contributed by atoms with van der Waals surface area (Å²) >= 11 is 1.76. The number of rotatable bonds is 6. The van der Waals surface area contributed by atoms with E-state index in [1.165, 1.54) is 23.1 Å². The monoisotopic (exact) mass is 449 g/mol. The van der Waals surface area contributed by atoms with E-state index in [2.05, 4.69) is 38.0 Å². The molecule has 9 heteroatoms. The van der Waals surface area contributed by atoms with Crippen LogP contribution in [0.25, 0.3) is 0 Å². The molecule has 4 rings (SSSR count). The first-order chi connectivity index (χ1) is 15.2. The molecule has 31 heavy (non-hydrogen) atoms. The third kappa shape index (κ3) is 5.34. The number of nitrogens with one attached hydrogen (secondary N) is 2. The highest BCUT2D eigenvalue weighted by Crippen LogP contribution is 2.27. The van der Waals surface area contributed by atoms with E-state index in [1.54, 1.807) is 23.3 Å². The van der Waals surface area contributed by atoms with Crippen LogP contribution in [0.2, 0.25) is 0 Å². The smallest absolute Gasteiger partial charge is 0.191 e. The average Bonchev–Trinajstić information content (AvgIpc) is 3.46. The van der Waals surface area contributed by atoms with Crippen LogP contribution >= 0.6 is 11.3 Å². The topological polar surface area (TPSA) is 52.1 Å². The number of halogens is 2. The SMILES string of the molecule is CN=C(NCC(c1cccs1)N1CCOCC1)NC1CCN(c2c(F)cccc2F)C1. The molecular formula is C22H29F2N5OS. The Balaban J connectivity index is 1.35. The fourth-order valence-corrected chi connectivity index (χ4v) is 5.09. The zero-order valence-corrected chi connectivity index (χ0v) is 18.5. The predicted molar refractivity (Wildman–Crippen MR) is 121 cm³/mol. The van der Waals surface area contributed by atoms with Gasteiger partial charge < -0.3 is 20.3 Å². The number of benzene rings is 1. The van der Waals surface area contributed by atoms with E-state index in [9.17, 15) is 8.78 Å². The highest BCUT2D eigenvalue weighted by Gasteiger charge is 2.28. The molecule has 0 radical (unpaired) electrons. The summed E-state index contributed by atoms with van der Waals surface area (Å²) in [5.74, 6) is -0.337. The minimum atomic E-state index is -0.521. The van der Waals surface area contributed by atoms with Gasteiger partial charge in [-0.15, -0.1) is 11.3 Å². The molecule has 2 aliphatic rings. The molecule has 2 N–H and O–H groups in total. The first-order valence-electron chi connectivity index (χ1n) is 10.7. The Labute approximate surface area is 185 Å². The molecule has 2 unspecified atom stereocenters. The second kappa shape index (κ2) is 10.4. The van der Waals surface area contributed by atoms with Gasteiger partial charge in [-0.3, -0.25) is 9.89 Å². The Bertz CT molecular complexity index is 853. The van der Waals surface area contributed by atoms with Crippen LogP contribution in [0.3, 0.4) is 0 Å². The molecule has 0 amide bonds. The van der Waals surface area contributed by atoms with E-state index in [1.807, 2.05) is 0 Å². The summed E-state index contributed by atoms with van der Waals surface area (Å²) < 4.78 is 33.8. The van der Waals surface area contributed by atoms with Crippen molar-refractivity contribution in [3.05, 3.63) is 52.2 Å². The summed E-state index contributed by atoms with van der Waals surface area (Å²) in [5, 5.41) is 8.98. The molecule has 2 atom stereocenters. The van der Waals surface area contributed by atoms with Gasteiger partial charge in [0.15, 0.2) is 5.96 Å². The van der Waals surface area contributed by atoms with Gasteiger partial charge in [-0.2, -0.15) is 0 Å². The molecule has 6 nitrogen and oxygen atoms in total. The van der Waals surface area contributed by atoms with Gasteiger partial charge in [0, 0.05) is 50.7 Å². The van der Waals surface area contributed by atoms with Crippen LogP contribution in [0.15, 0.2) is 40.7 Å². The lowest BCUT2D eigenvalue weighted by atomic mass is 10.2. The average molecular weight is 450 g/mol. The van der Waals surface area contributed by atoms with Crippen LogP contribution in [-0.4, -0.2) is 69.9 Å². The molecule has 2 aromatic rings. The van der Waals surface area contributed by atoms with Gasteiger partial charge in [0.2, 0.25) is 0 Å². The molecule has 0 saturated carbocycles. The number of anilines is 1. The standard InChI is InChI=1S/C22H29F2N5OS/c1-25-22(26-14-19(20-6-3-13-31-20)28-9-11-30-12-10-28)27-16-7-8-29(15-16)21-17(23)4-2-5-18(21)24/h2-6,13,16,19H,7-12,14-15H2,1H3,(H2,25,26,27). The van der Waals surface area contributed by atoms with Crippen molar-refractivity contribution < 1.29 is 13.5 Å². The number of nitrogens with zero attached hydrogens (tertiary/aromatic N) is 3. The summed E-state index contributed by atoms with van der Waals surface area (Å²) in [4.78, 5) is 9.88. The van der Waals surface area contributed by atoms with E-state index in [4.69, 9.17) is 4.74 Å². The number of para-hydroxylation sites is 1. The van der Waals surface area contributed by atoms with Gasteiger partial charge >= 0.3 is 0 Å². The van der Waals surface area contributed by atoms with Crippen molar-refractivity contribution in [2.24, 2.45) is 4.99 Å². The fraction of sp³-hybridized carbons (Fsp3) is 0.500. The number of thiophene rings is 1. The van der Waals surface area contributed by atoms with Crippen molar-refractivity contribution >= 4 is 23.0 Å². The van der Waals surface area contributed by atoms with E-state index < -0.39 is 11.6 Å². The van der Waals surface area contributed by atoms with E-state index in [0.29, 0.717) is 19.0 Å². The maximum atomic E-state index is 14.1. The lowest BCUT2D eigenvalue weighted by molar-refractivity contribution is 0.0177. The van der Waals surface area contributed by atoms with E-state index in [0.717, 1.165) is 39.3 Å². The third-order valence-electron chi connectivity index (χ3n) is 5.83. The number of aliphatic imine (C=N–C) groups is 1. The van der Waals surface area contributed by atoms with Crippen molar-refractivity contribution in [3.8, 4) is 0 Å². The zero-order valence-electron chi connectivity index (χ0n) is 17.7. The zero-order chi connectivity index (χ0) is 21.6. The summed E-state index contributed by atoms with van der Waals surface area (Å²) in [6.45, 7) is 5.15. The Morgan fingerprint density at radius 3 is 2.65 bits per heavy atom. The first-order valence-corrected chi connectivity index (χ1v) is 11.5. The maximum absolute atomic E-state index is 14.1. The fourth-order valence-electron chi connectivity index (χ4n) is 4.23. The van der Waals surface area contributed by atoms with Crippen molar-refractivity contribution in [1.82, 2.24) is 15.5 Å². The highest BCUT2D eigenvalue weighted by molar-refractivity contribution is 7.10. The minimum Gasteiger partial charge on any atom is -0.379 e. The Hall–Kier alpha value is -2.23. The van der Waals surface area contributed by atoms with Gasteiger partial charge in [-0.1, -0.05) is 12.1 Å². The number of guanidine groups is 1. The lowest BCUT2D eigenvalue weighted by Crippen LogP contribution is -2.48. The molecule has 2 fully saturated rings. The molecule has 1 aromatic carbocycles. The molecule has 168 valence electrons. The minimum absolute atomic E-state index is 0.0554. The van der Waals surface area contributed by atoms with Crippen LogP contribution in [0, 0.1) is 11.6 Å².